The third-order valence-electron chi connectivity index (χ3n) is 3.17. The lowest BCUT2D eigenvalue weighted by Crippen LogP contribution is -2.19. The van der Waals surface area contributed by atoms with E-state index in [0.717, 1.165) is 5.56 Å². The van der Waals surface area contributed by atoms with Gasteiger partial charge in [-0.05, 0) is 46.5 Å². The lowest BCUT2D eigenvalue weighted by atomic mass is 9.96. The number of carbonyl (C=O) groups excluding carboxylic acids is 1. The van der Waals surface area contributed by atoms with Crippen LogP contribution in [0.15, 0.2) is 24.3 Å². The van der Waals surface area contributed by atoms with Crippen molar-refractivity contribution in [2.75, 3.05) is 7.05 Å². The van der Waals surface area contributed by atoms with Crippen LogP contribution < -0.4 is 5.32 Å². The molecule has 4 heteroatoms. The molecule has 0 atom stereocenters. The number of nitrogens with one attached hydrogen (secondary N) is 1. The van der Waals surface area contributed by atoms with Gasteiger partial charge in [-0.15, -0.1) is 0 Å². The maximum Gasteiger partial charge on any atom is 0.254 e. The van der Waals surface area contributed by atoms with Crippen molar-refractivity contribution in [3.8, 4) is 5.75 Å². The molecule has 2 N–H and O–H groups in total. The lowest BCUT2D eigenvalue weighted by Gasteiger charge is -2.11. The molecule has 0 aliphatic rings. The zero-order chi connectivity index (χ0) is 14.2. The van der Waals surface area contributed by atoms with Gasteiger partial charge in [0.25, 0.3) is 5.91 Å². The van der Waals surface area contributed by atoms with Crippen molar-refractivity contribution in [2.24, 2.45) is 0 Å². The second-order valence-electron chi connectivity index (χ2n) is 4.82. The Balaban J connectivity index is 2.68. The quantitative estimate of drug-likeness (QED) is 0.872. The highest BCUT2D eigenvalue weighted by molar-refractivity contribution is 5.99. The van der Waals surface area contributed by atoms with E-state index in [9.17, 15) is 14.3 Å². The van der Waals surface area contributed by atoms with Crippen molar-refractivity contribution in [1.82, 2.24) is 5.32 Å². The van der Waals surface area contributed by atoms with Gasteiger partial charge in [0, 0.05) is 7.05 Å². The Morgan fingerprint density at radius 3 is 2.42 bits per heavy atom. The molecule has 1 amide bonds. The van der Waals surface area contributed by atoms with Gasteiger partial charge in [0.15, 0.2) is 0 Å². The fourth-order valence-corrected chi connectivity index (χ4v) is 2.10. The van der Waals surface area contributed by atoms with E-state index in [1.165, 1.54) is 19.2 Å². The number of rotatable bonds is 2. The second-order valence-corrected chi connectivity index (χ2v) is 4.82. The predicted molar refractivity (Wildman–Crippen MR) is 73.1 cm³/mol. The van der Waals surface area contributed by atoms with Crippen molar-refractivity contribution < 1.29 is 14.3 Å². The van der Waals surface area contributed by atoms with E-state index in [2.05, 4.69) is 5.32 Å². The Morgan fingerprint density at radius 1 is 1.21 bits per heavy atom. The van der Waals surface area contributed by atoms with E-state index >= 15 is 0 Å². The van der Waals surface area contributed by atoms with Crippen molar-refractivity contribution >= 4 is 16.7 Å². The summed E-state index contributed by atoms with van der Waals surface area (Å²) < 4.78 is 13.9. The summed E-state index contributed by atoms with van der Waals surface area (Å²) in [7, 11) is 1.45. The summed E-state index contributed by atoms with van der Waals surface area (Å²) in [5.74, 6) is -0.734. The standard InChI is InChI=1S/C15H16FNO2/c1-8(2)11-4-9-6-13(16)12(15(19)17-3)5-10(9)7-14(11)18/h4-8,18H,1-3H3,(H,17,19). The van der Waals surface area contributed by atoms with Crippen molar-refractivity contribution in [1.29, 1.82) is 0 Å². The van der Waals surface area contributed by atoms with Crippen LogP contribution in [0.25, 0.3) is 10.8 Å². The van der Waals surface area contributed by atoms with Gasteiger partial charge in [-0.25, -0.2) is 4.39 Å². The molecule has 0 bridgehead atoms. The maximum atomic E-state index is 13.9. The molecular formula is C15H16FNO2. The van der Waals surface area contributed by atoms with Crippen LogP contribution in [0.4, 0.5) is 4.39 Å². The summed E-state index contributed by atoms with van der Waals surface area (Å²) in [4.78, 5) is 11.5. The molecule has 0 spiro atoms. The molecule has 0 radical (unpaired) electrons. The van der Waals surface area contributed by atoms with E-state index in [4.69, 9.17) is 0 Å². The minimum absolute atomic E-state index is 0.0216. The number of amides is 1. The van der Waals surface area contributed by atoms with Gasteiger partial charge in [0.05, 0.1) is 5.56 Å². The lowest BCUT2D eigenvalue weighted by molar-refractivity contribution is 0.0959. The topological polar surface area (TPSA) is 49.3 Å². The zero-order valence-corrected chi connectivity index (χ0v) is 11.1. The second kappa shape index (κ2) is 4.88. The fourth-order valence-electron chi connectivity index (χ4n) is 2.10. The van der Waals surface area contributed by atoms with Crippen molar-refractivity contribution in [3.05, 3.63) is 41.2 Å². The molecular weight excluding hydrogens is 245 g/mol. The number of aromatic hydroxyl groups is 1. The predicted octanol–water partition coefficient (Wildman–Crippen LogP) is 3.17. The minimum Gasteiger partial charge on any atom is -0.508 e. The number of phenolic OH excluding ortho intramolecular Hbond substituents is 1. The first-order valence-electron chi connectivity index (χ1n) is 6.12. The average molecular weight is 261 g/mol. The summed E-state index contributed by atoms with van der Waals surface area (Å²) in [5.41, 5.74) is 0.742. The number of carbonyl (C=O) groups is 1. The Hall–Kier alpha value is -2.10. The van der Waals surface area contributed by atoms with Gasteiger partial charge in [0.2, 0.25) is 0 Å². The summed E-state index contributed by atoms with van der Waals surface area (Å²) in [6.07, 6.45) is 0. The summed E-state index contributed by atoms with van der Waals surface area (Å²) in [6, 6.07) is 6.10. The average Bonchev–Trinajstić information content (AvgIpc) is 2.36. The van der Waals surface area contributed by atoms with Gasteiger partial charge in [-0.3, -0.25) is 4.79 Å². The molecule has 0 heterocycles. The highest BCUT2D eigenvalue weighted by Gasteiger charge is 2.14. The molecule has 0 saturated carbocycles. The van der Waals surface area contributed by atoms with Crippen LogP contribution in [0.3, 0.4) is 0 Å². The van der Waals surface area contributed by atoms with Gasteiger partial charge >= 0.3 is 0 Å². The summed E-state index contributed by atoms with van der Waals surface area (Å²) >= 11 is 0. The minimum atomic E-state index is -0.563. The van der Waals surface area contributed by atoms with E-state index in [-0.39, 0.29) is 17.2 Å². The van der Waals surface area contributed by atoms with E-state index in [1.54, 1.807) is 12.1 Å². The van der Waals surface area contributed by atoms with Gasteiger partial charge < -0.3 is 10.4 Å². The van der Waals surface area contributed by atoms with E-state index in [0.29, 0.717) is 10.8 Å². The number of hydrogen-bond donors (Lipinski definition) is 2. The Bertz CT molecular complexity index is 650. The molecule has 0 fully saturated rings. The third kappa shape index (κ3) is 2.38. The smallest absolute Gasteiger partial charge is 0.254 e. The maximum absolute atomic E-state index is 13.9. The number of benzene rings is 2. The molecule has 0 aliphatic carbocycles. The van der Waals surface area contributed by atoms with Gasteiger partial charge in [-0.2, -0.15) is 0 Å². The highest BCUT2D eigenvalue weighted by Crippen LogP contribution is 2.31. The van der Waals surface area contributed by atoms with Crippen LogP contribution in [-0.4, -0.2) is 18.1 Å². The molecule has 100 valence electrons. The van der Waals surface area contributed by atoms with Crippen molar-refractivity contribution in [2.45, 2.75) is 19.8 Å². The van der Waals surface area contributed by atoms with Crippen LogP contribution in [0.1, 0.15) is 35.7 Å². The van der Waals surface area contributed by atoms with Gasteiger partial charge in [-0.1, -0.05) is 13.8 Å². The molecule has 2 rings (SSSR count). The molecule has 19 heavy (non-hydrogen) atoms. The molecule has 3 nitrogen and oxygen atoms in total. The van der Waals surface area contributed by atoms with Crippen LogP contribution in [0, 0.1) is 5.82 Å². The van der Waals surface area contributed by atoms with Crippen LogP contribution >= 0.6 is 0 Å². The number of phenols is 1. The zero-order valence-electron chi connectivity index (χ0n) is 11.1. The van der Waals surface area contributed by atoms with E-state index in [1.807, 2.05) is 13.8 Å². The van der Waals surface area contributed by atoms with Gasteiger partial charge in [0.1, 0.15) is 11.6 Å². The van der Waals surface area contributed by atoms with Crippen LogP contribution in [0.5, 0.6) is 5.75 Å². The van der Waals surface area contributed by atoms with E-state index < -0.39 is 11.7 Å². The number of fused-ring (bicyclic) bond motifs is 1. The molecule has 2 aromatic carbocycles. The summed E-state index contributed by atoms with van der Waals surface area (Å²) in [5, 5.41) is 13.6. The number of halogens is 1. The Morgan fingerprint density at radius 2 is 1.84 bits per heavy atom. The Labute approximate surface area is 111 Å². The SMILES string of the molecule is CNC(=O)c1cc2cc(O)c(C(C)C)cc2cc1F. The summed E-state index contributed by atoms with van der Waals surface area (Å²) in [6.45, 7) is 3.91. The monoisotopic (exact) mass is 261 g/mol. The highest BCUT2D eigenvalue weighted by atomic mass is 19.1. The van der Waals surface area contributed by atoms with Crippen LogP contribution in [0.2, 0.25) is 0 Å². The third-order valence-corrected chi connectivity index (χ3v) is 3.17. The molecule has 0 unspecified atom stereocenters. The first-order valence-corrected chi connectivity index (χ1v) is 6.12. The fraction of sp³-hybridized carbons (Fsp3) is 0.267. The Kier molecular flexibility index (Phi) is 3.42. The number of hydrogen-bond acceptors (Lipinski definition) is 2. The molecule has 0 aromatic heterocycles. The molecule has 0 aliphatic heterocycles. The normalized spacial score (nSPS) is 11.0. The molecule has 2 aromatic rings. The first-order chi connectivity index (χ1) is 8.93. The first kappa shape index (κ1) is 13.3. The molecule has 0 saturated heterocycles. The van der Waals surface area contributed by atoms with Crippen LogP contribution in [-0.2, 0) is 0 Å². The van der Waals surface area contributed by atoms with Crippen molar-refractivity contribution in [3.63, 3.8) is 0 Å². The largest absolute Gasteiger partial charge is 0.508 e.